The van der Waals surface area contributed by atoms with Gasteiger partial charge in [-0.25, -0.2) is 4.98 Å². The Morgan fingerprint density at radius 3 is 3.06 bits per heavy atom. The lowest BCUT2D eigenvalue weighted by Gasteiger charge is -2.09. The zero-order chi connectivity index (χ0) is 11.8. The van der Waals surface area contributed by atoms with Gasteiger partial charge < -0.3 is 15.2 Å². The highest BCUT2D eigenvalue weighted by Gasteiger charge is 2.07. The van der Waals surface area contributed by atoms with Gasteiger partial charge in [0.1, 0.15) is 5.82 Å². The van der Waals surface area contributed by atoms with Crippen molar-refractivity contribution in [1.29, 1.82) is 0 Å². The summed E-state index contributed by atoms with van der Waals surface area (Å²) in [7, 11) is 1.65. The van der Waals surface area contributed by atoms with E-state index in [2.05, 4.69) is 20.5 Å². The van der Waals surface area contributed by atoms with E-state index in [-0.39, 0.29) is 0 Å². The van der Waals surface area contributed by atoms with Crippen molar-refractivity contribution >= 4 is 11.8 Å². The van der Waals surface area contributed by atoms with Crippen molar-refractivity contribution in [3.8, 4) is 0 Å². The van der Waals surface area contributed by atoms with Crippen LogP contribution in [0.1, 0.15) is 5.82 Å². The third-order valence-electron chi connectivity index (χ3n) is 1.84. The molecule has 6 nitrogen and oxygen atoms in total. The molecule has 0 fully saturated rings. The van der Waals surface area contributed by atoms with Gasteiger partial charge in [0.2, 0.25) is 5.16 Å². The summed E-state index contributed by atoms with van der Waals surface area (Å²) in [5, 5.41) is 20.1. The summed E-state index contributed by atoms with van der Waals surface area (Å²) in [6.45, 7) is 3.80. The molecule has 0 amide bonds. The summed E-state index contributed by atoms with van der Waals surface area (Å²) in [4.78, 5) is 4.14. The molecule has 92 valence electrons. The van der Waals surface area contributed by atoms with Crippen molar-refractivity contribution in [3.63, 3.8) is 0 Å². The van der Waals surface area contributed by atoms with E-state index in [1.807, 2.05) is 6.92 Å². The van der Waals surface area contributed by atoms with Gasteiger partial charge in [0.15, 0.2) is 0 Å². The van der Waals surface area contributed by atoms with Crippen LogP contribution in [-0.4, -0.2) is 59.0 Å². The molecule has 3 N–H and O–H groups in total. The van der Waals surface area contributed by atoms with Crippen molar-refractivity contribution in [1.82, 2.24) is 20.5 Å². The number of hydrogen-bond donors (Lipinski definition) is 3. The summed E-state index contributed by atoms with van der Waals surface area (Å²) < 4.78 is 4.88. The molecule has 1 heterocycles. The first-order valence-corrected chi connectivity index (χ1v) is 6.10. The standard InChI is InChI=1S/C9H18N4O2S/c1-7-11-9(13-12-7)16-6-8(14)5-10-3-4-15-2/h8,10,14H,3-6H2,1-2H3,(H,11,12,13). The molecule has 0 aliphatic rings. The van der Waals surface area contributed by atoms with Gasteiger partial charge in [-0.1, -0.05) is 11.8 Å². The summed E-state index contributed by atoms with van der Waals surface area (Å²) in [6, 6.07) is 0. The Morgan fingerprint density at radius 1 is 1.62 bits per heavy atom. The Bertz CT molecular complexity index is 295. The fourth-order valence-electron chi connectivity index (χ4n) is 1.06. The van der Waals surface area contributed by atoms with Crippen LogP contribution in [0.4, 0.5) is 0 Å². The number of thioether (sulfide) groups is 1. The highest BCUT2D eigenvalue weighted by Crippen LogP contribution is 2.12. The van der Waals surface area contributed by atoms with Crippen LogP contribution in [0.3, 0.4) is 0 Å². The van der Waals surface area contributed by atoms with Gasteiger partial charge in [0, 0.05) is 26.0 Å². The zero-order valence-corrected chi connectivity index (χ0v) is 10.4. The molecule has 0 saturated heterocycles. The van der Waals surface area contributed by atoms with E-state index in [4.69, 9.17) is 4.74 Å². The normalized spacial score (nSPS) is 12.9. The number of nitrogens with zero attached hydrogens (tertiary/aromatic N) is 2. The van der Waals surface area contributed by atoms with Gasteiger partial charge in [-0.3, -0.25) is 5.10 Å². The number of aliphatic hydroxyl groups excluding tert-OH is 1. The minimum atomic E-state index is -0.402. The maximum atomic E-state index is 9.63. The predicted molar refractivity (Wildman–Crippen MR) is 62.6 cm³/mol. The van der Waals surface area contributed by atoms with Crippen molar-refractivity contribution < 1.29 is 9.84 Å². The number of nitrogens with one attached hydrogen (secondary N) is 2. The lowest BCUT2D eigenvalue weighted by molar-refractivity contribution is 0.175. The van der Waals surface area contributed by atoms with Gasteiger partial charge in [0.25, 0.3) is 0 Å². The summed E-state index contributed by atoms with van der Waals surface area (Å²) >= 11 is 1.44. The topological polar surface area (TPSA) is 83.1 Å². The zero-order valence-electron chi connectivity index (χ0n) is 9.56. The lowest BCUT2D eigenvalue weighted by atomic mass is 10.4. The number of aromatic amines is 1. The Labute approximate surface area is 99.2 Å². The van der Waals surface area contributed by atoms with E-state index in [9.17, 15) is 5.11 Å². The van der Waals surface area contributed by atoms with E-state index in [1.54, 1.807) is 7.11 Å². The molecule has 1 rings (SSSR count). The van der Waals surface area contributed by atoms with Gasteiger partial charge >= 0.3 is 0 Å². The molecule has 1 aromatic rings. The Kier molecular flexibility index (Phi) is 6.39. The van der Waals surface area contributed by atoms with Crippen LogP contribution >= 0.6 is 11.8 Å². The monoisotopic (exact) mass is 246 g/mol. The number of methoxy groups -OCH3 is 1. The Hall–Kier alpha value is -0.630. The predicted octanol–water partition coefficient (Wildman–Crippen LogP) is -0.198. The van der Waals surface area contributed by atoms with Gasteiger partial charge in [-0.05, 0) is 6.92 Å². The number of aromatic nitrogens is 3. The quantitative estimate of drug-likeness (QED) is 0.435. The molecule has 1 aromatic heterocycles. The van der Waals surface area contributed by atoms with E-state index in [0.717, 1.165) is 12.4 Å². The molecule has 1 unspecified atom stereocenters. The molecule has 16 heavy (non-hydrogen) atoms. The molecule has 0 aliphatic carbocycles. The Morgan fingerprint density at radius 2 is 2.44 bits per heavy atom. The first kappa shape index (κ1) is 13.4. The van der Waals surface area contributed by atoms with E-state index in [1.165, 1.54) is 11.8 Å². The minimum Gasteiger partial charge on any atom is -0.391 e. The van der Waals surface area contributed by atoms with Crippen LogP contribution in [0, 0.1) is 6.92 Å². The van der Waals surface area contributed by atoms with E-state index < -0.39 is 6.10 Å². The second kappa shape index (κ2) is 7.61. The van der Waals surface area contributed by atoms with Crippen molar-refractivity contribution in [3.05, 3.63) is 5.82 Å². The van der Waals surface area contributed by atoms with Gasteiger partial charge in [-0.15, -0.1) is 5.10 Å². The first-order chi connectivity index (χ1) is 7.72. The molecule has 0 radical (unpaired) electrons. The number of aryl methyl sites for hydroxylation is 1. The molecular weight excluding hydrogens is 228 g/mol. The fraction of sp³-hybridized carbons (Fsp3) is 0.778. The highest BCUT2D eigenvalue weighted by atomic mass is 32.2. The lowest BCUT2D eigenvalue weighted by Crippen LogP contribution is -2.30. The SMILES string of the molecule is COCCNCC(O)CSc1n[nH]c(C)n1. The van der Waals surface area contributed by atoms with Crippen molar-refractivity contribution in [2.24, 2.45) is 0 Å². The van der Waals surface area contributed by atoms with Crippen LogP contribution in [0.2, 0.25) is 0 Å². The smallest absolute Gasteiger partial charge is 0.208 e. The second-order valence-electron chi connectivity index (χ2n) is 3.37. The van der Waals surface area contributed by atoms with Gasteiger partial charge in [-0.2, -0.15) is 0 Å². The van der Waals surface area contributed by atoms with Crippen LogP contribution in [0.25, 0.3) is 0 Å². The maximum Gasteiger partial charge on any atom is 0.208 e. The third kappa shape index (κ3) is 5.45. The number of ether oxygens (including phenoxy) is 1. The third-order valence-corrected chi connectivity index (χ3v) is 2.84. The average molecular weight is 246 g/mol. The molecule has 0 aromatic carbocycles. The fourth-order valence-corrected chi connectivity index (χ4v) is 1.83. The molecule has 7 heteroatoms. The summed E-state index contributed by atoms with van der Waals surface area (Å²) in [5.41, 5.74) is 0. The molecular formula is C9H18N4O2S. The van der Waals surface area contributed by atoms with Gasteiger partial charge in [0.05, 0.1) is 12.7 Å². The number of H-pyrrole nitrogens is 1. The Balaban J connectivity index is 2.08. The molecule has 0 bridgehead atoms. The number of aliphatic hydroxyl groups is 1. The maximum absolute atomic E-state index is 9.63. The minimum absolute atomic E-state index is 0.402. The highest BCUT2D eigenvalue weighted by molar-refractivity contribution is 7.99. The van der Waals surface area contributed by atoms with Crippen LogP contribution in [-0.2, 0) is 4.74 Å². The van der Waals surface area contributed by atoms with Crippen LogP contribution in [0.5, 0.6) is 0 Å². The molecule has 0 saturated carbocycles. The largest absolute Gasteiger partial charge is 0.391 e. The van der Waals surface area contributed by atoms with Crippen molar-refractivity contribution in [2.75, 3.05) is 32.6 Å². The molecule has 1 atom stereocenters. The molecule has 0 aliphatic heterocycles. The van der Waals surface area contributed by atoms with E-state index in [0.29, 0.717) is 24.1 Å². The first-order valence-electron chi connectivity index (χ1n) is 5.12. The van der Waals surface area contributed by atoms with Crippen LogP contribution in [0.15, 0.2) is 5.16 Å². The van der Waals surface area contributed by atoms with Crippen LogP contribution < -0.4 is 5.32 Å². The number of hydrogen-bond acceptors (Lipinski definition) is 6. The number of rotatable bonds is 8. The summed E-state index contributed by atoms with van der Waals surface area (Å²) in [5.74, 6) is 1.37. The van der Waals surface area contributed by atoms with Crippen molar-refractivity contribution in [2.45, 2.75) is 18.2 Å². The molecule has 0 spiro atoms. The summed E-state index contributed by atoms with van der Waals surface area (Å²) in [6.07, 6.45) is -0.402. The average Bonchev–Trinajstić information content (AvgIpc) is 2.68. The second-order valence-corrected chi connectivity index (χ2v) is 4.35. The van der Waals surface area contributed by atoms with E-state index >= 15 is 0 Å².